The fourth-order valence-electron chi connectivity index (χ4n) is 2.51. The van der Waals surface area contributed by atoms with Crippen molar-refractivity contribution in [2.24, 2.45) is 0 Å². The Balaban J connectivity index is 1.79. The van der Waals surface area contributed by atoms with Crippen LogP contribution in [0.3, 0.4) is 0 Å². The summed E-state index contributed by atoms with van der Waals surface area (Å²) in [6, 6.07) is 0. The highest BCUT2D eigenvalue weighted by molar-refractivity contribution is 7.89. The molecule has 0 aromatic carbocycles. The van der Waals surface area contributed by atoms with Gasteiger partial charge in [0.1, 0.15) is 11.4 Å². The average molecular weight is 375 g/mol. The molecule has 1 amide bonds. The lowest BCUT2D eigenvalue weighted by molar-refractivity contribution is -0.132. The fourth-order valence-corrected chi connectivity index (χ4v) is 3.63. The number of hydrogen-bond acceptors (Lipinski definition) is 6. The summed E-state index contributed by atoms with van der Waals surface area (Å²) < 4.78 is 51.3. The summed E-state index contributed by atoms with van der Waals surface area (Å²) in [6.07, 6.45) is 0.645. The summed E-state index contributed by atoms with van der Waals surface area (Å²) in [5.41, 5.74) is 1.02. The summed E-state index contributed by atoms with van der Waals surface area (Å²) >= 11 is 0. The first kappa shape index (κ1) is 17.5. The van der Waals surface area contributed by atoms with E-state index in [2.05, 4.69) is 10.2 Å². The predicted molar refractivity (Wildman–Crippen MR) is 79.0 cm³/mol. The number of alkyl halides is 2. The molecule has 0 aliphatic carbocycles. The lowest BCUT2D eigenvalue weighted by Crippen LogP contribution is -2.26. The van der Waals surface area contributed by atoms with Crippen LogP contribution >= 0.6 is 0 Å². The van der Waals surface area contributed by atoms with Gasteiger partial charge in [-0.2, -0.15) is 22.7 Å². The van der Waals surface area contributed by atoms with Crippen LogP contribution in [0.25, 0.3) is 0 Å². The molecule has 2 aromatic heterocycles. The topological polar surface area (TPSA) is 110 Å². The van der Waals surface area contributed by atoms with Gasteiger partial charge in [-0.3, -0.25) is 9.48 Å². The van der Waals surface area contributed by atoms with E-state index in [9.17, 15) is 22.0 Å². The van der Waals surface area contributed by atoms with Gasteiger partial charge in [0.2, 0.25) is 5.91 Å². The Kier molecular flexibility index (Phi) is 4.56. The molecule has 0 saturated heterocycles. The SMILES string of the molecule is O=C(CCO)N1Cc2cn(S(=O)(=O)c3cnn(CC(F)F)c3)nc2C1. The van der Waals surface area contributed by atoms with E-state index in [0.717, 1.165) is 21.2 Å². The van der Waals surface area contributed by atoms with Crippen LogP contribution in [0.15, 0.2) is 23.5 Å². The zero-order valence-electron chi connectivity index (χ0n) is 12.9. The number of halogens is 2. The van der Waals surface area contributed by atoms with Crippen molar-refractivity contribution in [1.82, 2.24) is 23.9 Å². The van der Waals surface area contributed by atoms with Crippen LogP contribution in [-0.4, -0.2) is 56.3 Å². The van der Waals surface area contributed by atoms with E-state index in [1.807, 2.05) is 0 Å². The maximum Gasteiger partial charge on any atom is 0.286 e. The Bertz CT molecular complexity index is 869. The number of hydrogen-bond donors (Lipinski definition) is 1. The molecular formula is C13H15F2N5O4S. The van der Waals surface area contributed by atoms with Gasteiger partial charge in [0.05, 0.1) is 25.0 Å². The maximum atomic E-state index is 12.5. The maximum absolute atomic E-state index is 12.5. The standard InChI is InChI=1S/C13H15F2N5O4S/c14-12(15)8-19-6-10(3-16-19)25(23,24)20-5-9-4-18(7-11(9)17-20)13(22)1-2-21/h3,5-6,12,21H,1-2,4,7-8H2. The minimum atomic E-state index is -4.05. The summed E-state index contributed by atoms with van der Waals surface area (Å²) in [6.45, 7) is -0.604. The highest BCUT2D eigenvalue weighted by Gasteiger charge is 2.29. The van der Waals surface area contributed by atoms with E-state index >= 15 is 0 Å². The predicted octanol–water partition coefficient (Wildman–Crippen LogP) is -0.194. The Morgan fingerprint density at radius 3 is 2.72 bits per heavy atom. The molecule has 25 heavy (non-hydrogen) atoms. The van der Waals surface area contributed by atoms with Gasteiger partial charge < -0.3 is 10.0 Å². The molecule has 0 radical (unpaired) electrons. The highest BCUT2D eigenvalue weighted by Crippen LogP contribution is 2.24. The Morgan fingerprint density at radius 1 is 1.32 bits per heavy atom. The molecule has 12 heteroatoms. The number of aliphatic hydroxyl groups is 1. The summed E-state index contributed by atoms with van der Waals surface area (Å²) in [4.78, 5) is 13.0. The van der Waals surface area contributed by atoms with Crippen molar-refractivity contribution in [3.8, 4) is 0 Å². The van der Waals surface area contributed by atoms with Gasteiger partial charge in [-0.25, -0.2) is 8.78 Å². The van der Waals surface area contributed by atoms with Crippen molar-refractivity contribution < 1.29 is 27.1 Å². The van der Waals surface area contributed by atoms with Gasteiger partial charge >= 0.3 is 0 Å². The summed E-state index contributed by atoms with van der Waals surface area (Å²) in [7, 11) is -4.05. The molecular weight excluding hydrogens is 360 g/mol. The average Bonchev–Trinajstić information content (AvgIpc) is 3.20. The third kappa shape index (κ3) is 3.39. The normalized spacial score (nSPS) is 14.3. The third-order valence-corrected chi connectivity index (χ3v) is 5.20. The fraction of sp³-hybridized carbons (Fsp3) is 0.462. The van der Waals surface area contributed by atoms with Crippen molar-refractivity contribution in [2.75, 3.05) is 6.61 Å². The number of carbonyl (C=O) groups excluding carboxylic acids is 1. The molecule has 1 aliphatic heterocycles. The Hall–Kier alpha value is -2.34. The van der Waals surface area contributed by atoms with Crippen LogP contribution in [0.4, 0.5) is 8.78 Å². The molecule has 0 saturated carbocycles. The van der Waals surface area contributed by atoms with Crippen LogP contribution in [0.5, 0.6) is 0 Å². The van der Waals surface area contributed by atoms with Crippen LogP contribution in [0, 0.1) is 0 Å². The first-order valence-corrected chi connectivity index (χ1v) is 8.77. The van der Waals surface area contributed by atoms with Gasteiger partial charge in [0.15, 0.2) is 0 Å². The number of rotatable bonds is 6. The van der Waals surface area contributed by atoms with Crippen LogP contribution in [0.2, 0.25) is 0 Å². The lowest BCUT2D eigenvalue weighted by atomic mass is 10.3. The van der Waals surface area contributed by atoms with E-state index in [0.29, 0.717) is 11.3 Å². The van der Waals surface area contributed by atoms with E-state index in [-0.39, 0.29) is 36.9 Å². The zero-order valence-corrected chi connectivity index (χ0v) is 13.7. The Morgan fingerprint density at radius 2 is 2.08 bits per heavy atom. The lowest BCUT2D eigenvalue weighted by Gasteiger charge is -2.14. The smallest absolute Gasteiger partial charge is 0.286 e. The van der Waals surface area contributed by atoms with Crippen molar-refractivity contribution in [1.29, 1.82) is 0 Å². The first-order valence-electron chi connectivity index (χ1n) is 7.33. The van der Waals surface area contributed by atoms with Crippen LogP contribution in [-0.2, 0) is 34.5 Å². The van der Waals surface area contributed by atoms with Crippen molar-refractivity contribution in [3.63, 3.8) is 0 Å². The molecule has 0 bridgehead atoms. The quantitative estimate of drug-likeness (QED) is 0.749. The minimum absolute atomic E-state index is 0.00804. The molecule has 3 rings (SSSR count). The van der Waals surface area contributed by atoms with Crippen LogP contribution in [0.1, 0.15) is 17.7 Å². The van der Waals surface area contributed by atoms with E-state index in [1.165, 1.54) is 11.1 Å². The molecule has 0 spiro atoms. The largest absolute Gasteiger partial charge is 0.396 e. The zero-order chi connectivity index (χ0) is 18.2. The van der Waals surface area contributed by atoms with Gasteiger partial charge in [-0.1, -0.05) is 0 Å². The minimum Gasteiger partial charge on any atom is -0.396 e. The monoisotopic (exact) mass is 375 g/mol. The number of aromatic nitrogens is 4. The van der Waals surface area contributed by atoms with Crippen molar-refractivity contribution >= 4 is 15.9 Å². The highest BCUT2D eigenvalue weighted by atomic mass is 32.2. The molecule has 1 aliphatic rings. The summed E-state index contributed by atoms with van der Waals surface area (Å²) in [5, 5.41) is 16.4. The van der Waals surface area contributed by atoms with Crippen LogP contribution < -0.4 is 0 Å². The molecule has 1 N–H and O–H groups in total. The van der Waals surface area contributed by atoms with E-state index in [4.69, 9.17) is 5.11 Å². The second kappa shape index (κ2) is 6.52. The Labute approximate surface area is 141 Å². The molecule has 0 fully saturated rings. The third-order valence-electron chi connectivity index (χ3n) is 3.72. The van der Waals surface area contributed by atoms with E-state index < -0.39 is 23.0 Å². The number of fused-ring (bicyclic) bond motifs is 1. The molecule has 2 aromatic rings. The second-order valence-electron chi connectivity index (χ2n) is 5.49. The molecule has 9 nitrogen and oxygen atoms in total. The van der Waals surface area contributed by atoms with Gasteiger partial charge in [0, 0.05) is 30.9 Å². The van der Waals surface area contributed by atoms with Gasteiger partial charge in [-0.15, -0.1) is 0 Å². The molecule has 0 atom stereocenters. The second-order valence-corrected chi connectivity index (χ2v) is 7.29. The van der Waals surface area contributed by atoms with Gasteiger partial charge in [0.25, 0.3) is 16.4 Å². The molecule has 136 valence electrons. The number of nitrogens with zero attached hydrogens (tertiary/aromatic N) is 5. The number of carbonyl (C=O) groups is 1. The van der Waals surface area contributed by atoms with Gasteiger partial charge in [-0.05, 0) is 0 Å². The molecule has 3 heterocycles. The number of aliphatic hydroxyl groups excluding tert-OH is 1. The molecule has 0 unspecified atom stereocenters. The summed E-state index contributed by atoms with van der Waals surface area (Å²) in [5.74, 6) is -0.247. The van der Waals surface area contributed by atoms with E-state index in [1.54, 1.807) is 0 Å². The number of amides is 1. The van der Waals surface area contributed by atoms with Crippen molar-refractivity contribution in [3.05, 3.63) is 29.8 Å². The first-order chi connectivity index (χ1) is 11.8. The van der Waals surface area contributed by atoms with Crippen molar-refractivity contribution in [2.45, 2.75) is 37.4 Å².